The summed E-state index contributed by atoms with van der Waals surface area (Å²) in [7, 11) is 1.50. The molecule has 4 atom stereocenters. The van der Waals surface area contributed by atoms with Crippen LogP contribution in [0.1, 0.15) is 26.0 Å². The van der Waals surface area contributed by atoms with E-state index >= 15 is 0 Å². The van der Waals surface area contributed by atoms with Crippen molar-refractivity contribution in [3.8, 4) is 0 Å². The predicted octanol–water partition coefficient (Wildman–Crippen LogP) is 0.304. The third-order valence-corrected chi connectivity index (χ3v) is 4.22. The first-order valence-electron chi connectivity index (χ1n) is 8.09. The number of hydrogen-bond acceptors (Lipinski definition) is 8. The molecule has 2 unspecified atom stereocenters. The van der Waals surface area contributed by atoms with E-state index in [1.54, 1.807) is 10.9 Å². The second kappa shape index (κ2) is 7.39. The van der Waals surface area contributed by atoms with Crippen molar-refractivity contribution in [3.63, 3.8) is 0 Å². The van der Waals surface area contributed by atoms with E-state index in [1.165, 1.54) is 13.4 Å². The third-order valence-electron chi connectivity index (χ3n) is 4.22. The van der Waals surface area contributed by atoms with Crippen LogP contribution in [0, 0.1) is 0 Å². The summed E-state index contributed by atoms with van der Waals surface area (Å²) < 4.78 is 12.8. The van der Waals surface area contributed by atoms with Crippen molar-refractivity contribution in [2.45, 2.75) is 44.3 Å². The summed E-state index contributed by atoms with van der Waals surface area (Å²) in [6.07, 6.45) is 2.30. The Balaban J connectivity index is 1.91. The maximum absolute atomic E-state index is 10.2. The molecule has 1 aliphatic rings. The first-order valence-corrected chi connectivity index (χ1v) is 8.09. The molecule has 0 radical (unpaired) electrons. The van der Waals surface area contributed by atoms with Crippen molar-refractivity contribution in [1.82, 2.24) is 19.5 Å². The van der Waals surface area contributed by atoms with Crippen LogP contribution < -0.4 is 5.32 Å². The molecule has 9 heteroatoms. The van der Waals surface area contributed by atoms with E-state index in [4.69, 9.17) is 9.47 Å². The van der Waals surface area contributed by atoms with E-state index in [9.17, 15) is 10.2 Å². The standard InChI is InChI=1S/C15H23N5O4/c1-3-4-5-16-13-10-14(18-7-17-13)20(8-19-10)15-12(23-2)11(22)9(6-21)24-15/h7-9,11-12,15,21-22H,3-6H2,1-2H3,(H,16,17,18)/t9-,11?,12?,15-/m1/s1. The molecule has 0 aromatic carbocycles. The lowest BCUT2D eigenvalue weighted by atomic mass is 10.1. The maximum Gasteiger partial charge on any atom is 0.167 e. The number of anilines is 1. The molecule has 132 valence electrons. The van der Waals surface area contributed by atoms with Gasteiger partial charge in [0.25, 0.3) is 0 Å². The van der Waals surface area contributed by atoms with Crippen LogP contribution in [0.15, 0.2) is 12.7 Å². The number of aliphatic hydroxyl groups is 2. The third kappa shape index (κ3) is 2.95. The van der Waals surface area contributed by atoms with Crippen LogP contribution in [0.3, 0.4) is 0 Å². The van der Waals surface area contributed by atoms with Gasteiger partial charge in [0.15, 0.2) is 23.2 Å². The highest BCUT2D eigenvalue weighted by Crippen LogP contribution is 2.33. The van der Waals surface area contributed by atoms with Crippen LogP contribution in [0.2, 0.25) is 0 Å². The van der Waals surface area contributed by atoms with Crippen LogP contribution >= 0.6 is 0 Å². The number of imidazole rings is 1. The fourth-order valence-electron chi connectivity index (χ4n) is 2.90. The fourth-order valence-corrected chi connectivity index (χ4v) is 2.90. The molecule has 0 aliphatic carbocycles. The van der Waals surface area contributed by atoms with E-state index in [2.05, 4.69) is 27.2 Å². The molecular formula is C15H23N5O4. The van der Waals surface area contributed by atoms with Crippen molar-refractivity contribution >= 4 is 17.0 Å². The minimum atomic E-state index is -0.925. The first kappa shape index (κ1) is 17.0. The molecular weight excluding hydrogens is 314 g/mol. The number of unbranched alkanes of at least 4 members (excludes halogenated alkanes) is 1. The van der Waals surface area contributed by atoms with Crippen molar-refractivity contribution in [1.29, 1.82) is 0 Å². The van der Waals surface area contributed by atoms with E-state index in [1.807, 2.05) is 0 Å². The molecule has 1 saturated heterocycles. The topological polar surface area (TPSA) is 115 Å². The van der Waals surface area contributed by atoms with E-state index in [0.717, 1.165) is 19.4 Å². The molecule has 3 N–H and O–H groups in total. The Hall–Kier alpha value is -1.81. The Morgan fingerprint density at radius 3 is 2.92 bits per heavy atom. The SMILES string of the molecule is CCCCNc1ncnc2c1ncn2[C@@H]1O[C@H](CO)C(O)C1OC. The normalized spacial score (nSPS) is 27.0. The van der Waals surface area contributed by atoms with Gasteiger partial charge in [-0.2, -0.15) is 0 Å². The van der Waals surface area contributed by atoms with Crippen LogP contribution in [-0.4, -0.2) is 68.3 Å². The van der Waals surface area contributed by atoms with Gasteiger partial charge in [-0.25, -0.2) is 15.0 Å². The number of nitrogens with one attached hydrogen (secondary N) is 1. The monoisotopic (exact) mass is 337 g/mol. The number of hydrogen-bond donors (Lipinski definition) is 3. The molecule has 3 rings (SSSR count). The maximum atomic E-state index is 10.2. The van der Waals surface area contributed by atoms with E-state index in [-0.39, 0.29) is 6.61 Å². The minimum Gasteiger partial charge on any atom is -0.394 e. The second-order valence-electron chi connectivity index (χ2n) is 5.77. The highest BCUT2D eigenvalue weighted by molar-refractivity contribution is 5.82. The van der Waals surface area contributed by atoms with Gasteiger partial charge in [-0.3, -0.25) is 4.57 Å². The van der Waals surface area contributed by atoms with Gasteiger partial charge in [0.2, 0.25) is 0 Å². The molecule has 9 nitrogen and oxygen atoms in total. The number of aromatic nitrogens is 4. The Labute approximate surface area is 139 Å². The van der Waals surface area contributed by atoms with Crippen molar-refractivity contribution in [2.75, 3.05) is 25.6 Å². The average molecular weight is 337 g/mol. The number of ether oxygens (including phenoxy) is 2. The van der Waals surface area contributed by atoms with Gasteiger partial charge in [0.1, 0.15) is 24.6 Å². The first-order chi connectivity index (χ1) is 11.7. The molecule has 0 amide bonds. The lowest BCUT2D eigenvalue weighted by Gasteiger charge is -2.19. The molecule has 3 heterocycles. The summed E-state index contributed by atoms with van der Waals surface area (Å²) in [5, 5.41) is 22.8. The molecule has 0 saturated carbocycles. The number of fused-ring (bicyclic) bond motifs is 1. The highest BCUT2D eigenvalue weighted by atomic mass is 16.6. The number of nitrogens with zero attached hydrogens (tertiary/aromatic N) is 4. The van der Waals surface area contributed by atoms with Gasteiger partial charge >= 0.3 is 0 Å². The number of aliphatic hydroxyl groups excluding tert-OH is 2. The molecule has 2 aromatic heterocycles. The van der Waals surface area contributed by atoms with Crippen LogP contribution in [0.4, 0.5) is 5.82 Å². The lowest BCUT2D eigenvalue weighted by molar-refractivity contribution is -0.0583. The highest BCUT2D eigenvalue weighted by Gasteiger charge is 2.45. The van der Waals surface area contributed by atoms with Gasteiger partial charge < -0.3 is 25.0 Å². The Morgan fingerprint density at radius 2 is 2.21 bits per heavy atom. The zero-order chi connectivity index (χ0) is 17.1. The largest absolute Gasteiger partial charge is 0.394 e. The number of rotatable bonds is 7. The van der Waals surface area contributed by atoms with Gasteiger partial charge in [-0.1, -0.05) is 13.3 Å². The van der Waals surface area contributed by atoms with Crippen molar-refractivity contribution in [3.05, 3.63) is 12.7 Å². The molecule has 24 heavy (non-hydrogen) atoms. The summed E-state index contributed by atoms with van der Waals surface area (Å²) >= 11 is 0. The van der Waals surface area contributed by atoms with Gasteiger partial charge in [0.05, 0.1) is 12.9 Å². The Kier molecular flexibility index (Phi) is 5.24. The second-order valence-corrected chi connectivity index (χ2v) is 5.77. The van der Waals surface area contributed by atoms with Crippen LogP contribution in [0.25, 0.3) is 11.2 Å². The lowest BCUT2D eigenvalue weighted by Crippen LogP contribution is -2.34. The van der Waals surface area contributed by atoms with Crippen molar-refractivity contribution in [2.24, 2.45) is 0 Å². The summed E-state index contributed by atoms with van der Waals surface area (Å²) in [4.78, 5) is 12.9. The Bertz CT molecular complexity index is 679. The quantitative estimate of drug-likeness (QED) is 0.618. The molecule has 1 fully saturated rings. The van der Waals surface area contributed by atoms with Crippen molar-refractivity contribution < 1.29 is 19.7 Å². The molecule has 0 spiro atoms. The predicted molar refractivity (Wildman–Crippen MR) is 86.5 cm³/mol. The smallest absolute Gasteiger partial charge is 0.167 e. The zero-order valence-electron chi connectivity index (χ0n) is 13.8. The molecule has 0 bridgehead atoms. The zero-order valence-corrected chi connectivity index (χ0v) is 13.8. The van der Waals surface area contributed by atoms with Gasteiger partial charge in [0, 0.05) is 13.7 Å². The van der Waals surface area contributed by atoms with E-state index < -0.39 is 24.5 Å². The number of methoxy groups -OCH3 is 1. The molecule has 2 aromatic rings. The summed E-state index contributed by atoms with van der Waals surface area (Å²) in [5.74, 6) is 0.665. The summed E-state index contributed by atoms with van der Waals surface area (Å²) in [5.41, 5.74) is 1.22. The van der Waals surface area contributed by atoms with Gasteiger partial charge in [-0.15, -0.1) is 0 Å². The summed E-state index contributed by atoms with van der Waals surface area (Å²) in [6.45, 7) is 2.64. The Morgan fingerprint density at radius 1 is 1.38 bits per heavy atom. The van der Waals surface area contributed by atoms with Crippen LogP contribution in [-0.2, 0) is 9.47 Å². The molecule has 1 aliphatic heterocycles. The summed E-state index contributed by atoms with van der Waals surface area (Å²) in [6, 6.07) is 0. The average Bonchev–Trinajstić information content (AvgIpc) is 3.16. The van der Waals surface area contributed by atoms with Gasteiger partial charge in [-0.05, 0) is 6.42 Å². The fraction of sp³-hybridized carbons (Fsp3) is 0.667. The minimum absolute atomic E-state index is 0.289. The van der Waals surface area contributed by atoms with E-state index in [0.29, 0.717) is 17.0 Å². The van der Waals surface area contributed by atoms with Crippen LogP contribution in [0.5, 0.6) is 0 Å².